The Morgan fingerprint density at radius 2 is 2.35 bits per heavy atom. The van der Waals surface area contributed by atoms with Gasteiger partial charge in [0.05, 0.1) is 12.7 Å². The van der Waals surface area contributed by atoms with Crippen LogP contribution in [0.2, 0.25) is 0 Å². The lowest BCUT2D eigenvalue weighted by Crippen LogP contribution is -2.12. The van der Waals surface area contributed by atoms with Gasteiger partial charge in [0.1, 0.15) is 5.75 Å². The van der Waals surface area contributed by atoms with Crippen LogP contribution in [-0.4, -0.2) is 23.2 Å². The molecule has 1 aliphatic heterocycles. The van der Waals surface area contributed by atoms with Gasteiger partial charge in [0.25, 0.3) is 0 Å². The third-order valence-electron chi connectivity index (χ3n) is 3.06. The highest BCUT2D eigenvalue weighted by Gasteiger charge is 2.18. The molecule has 2 nitrogen and oxygen atoms in total. The number of aliphatic hydroxyl groups excluding tert-OH is 1. The van der Waals surface area contributed by atoms with Crippen molar-refractivity contribution in [2.24, 2.45) is 0 Å². The summed E-state index contributed by atoms with van der Waals surface area (Å²) in [5, 5.41) is 10.2. The van der Waals surface area contributed by atoms with Crippen molar-refractivity contribution in [2.45, 2.75) is 32.3 Å². The Kier molecular flexibility index (Phi) is 4.75. The lowest BCUT2D eigenvalue weighted by atomic mass is 9.98. The maximum absolute atomic E-state index is 10.2. The molecule has 0 saturated carbocycles. The van der Waals surface area contributed by atoms with Crippen molar-refractivity contribution >= 4 is 11.8 Å². The molecule has 0 radical (unpaired) electrons. The van der Waals surface area contributed by atoms with Crippen molar-refractivity contribution < 1.29 is 9.84 Å². The minimum absolute atomic E-state index is 0.387. The van der Waals surface area contributed by atoms with E-state index in [-0.39, 0.29) is 6.10 Å². The molecular formula is C14H20O2S. The number of hydrogen-bond acceptors (Lipinski definition) is 3. The molecule has 0 aromatic heterocycles. The average molecular weight is 252 g/mol. The predicted octanol–water partition coefficient (Wildman–Crippen LogP) is 3.19. The molecule has 0 fully saturated rings. The third-order valence-corrected chi connectivity index (χ3v) is 4.00. The van der Waals surface area contributed by atoms with Gasteiger partial charge in [-0.3, -0.25) is 0 Å². The lowest BCUT2D eigenvalue weighted by molar-refractivity contribution is 0.166. The average Bonchev–Trinajstić information content (AvgIpc) is 2.38. The highest BCUT2D eigenvalue weighted by molar-refractivity contribution is 7.99. The highest BCUT2D eigenvalue weighted by atomic mass is 32.2. The van der Waals surface area contributed by atoms with E-state index in [1.54, 1.807) is 0 Å². The molecule has 1 atom stereocenters. The number of para-hydroxylation sites is 1. The molecule has 0 spiro atoms. The van der Waals surface area contributed by atoms with Crippen molar-refractivity contribution in [3.05, 3.63) is 29.3 Å². The van der Waals surface area contributed by atoms with E-state index in [0.717, 1.165) is 48.7 Å². The molecule has 1 heterocycles. The number of rotatable bonds is 5. The summed E-state index contributed by atoms with van der Waals surface area (Å²) in [4.78, 5) is 0. The number of benzene rings is 1. The first-order chi connectivity index (χ1) is 8.33. The van der Waals surface area contributed by atoms with E-state index in [1.807, 2.05) is 23.9 Å². The third kappa shape index (κ3) is 3.17. The van der Waals surface area contributed by atoms with E-state index in [1.165, 1.54) is 5.56 Å². The molecular weight excluding hydrogens is 232 g/mol. The smallest absolute Gasteiger partial charge is 0.128 e. The van der Waals surface area contributed by atoms with Crippen LogP contribution in [0.4, 0.5) is 0 Å². The Labute approximate surface area is 107 Å². The van der Waals surface area contributed by atoms with Crippen molar-refractivity contribution in [1.29, 1.82) is 0 Å². The SMILES string of the molecule is CCSCCC(O)c1cccc2c1OCCC2. The molecule has 1 aromatic carbocycles. The minimum Gasteiger partial charge on any atom is -0.493 e. The summed E-state index contributed by atoms with van der Waals surface area (Å²) < 4.78 is 5.72. The Morgan fingerprint density at radius 3 is 3.18 bits per heavy atom. The first-order valence-electron chi connectivity index (χ1n) is 6.33. The van der Waals surface area contributed by atoms with Gasteiger partial charge in [-0.05, 0) is 36.3 Å². The first kappa shape index (κ1) is 12.8. The molecule has 1 aromatic rings. The topological polar surface area (TPSA) is 29.5 Å². The van der Waals surface area contributed by atoms with E-state index in [0.29, 0.717) is 0 Å². The quantitative estimate of drug-likeness (QED) is 0.816. The number of ether oxygens (including phenoxy) is 1. The Morgan fingerprint density at radius 1 is 1.47 bits per heavy atom. The Balaban J connectivity index is 2.09. The van der Waals surface area contributed by atoms with E-state index in [2.05, 4.69) is 13.0 Å². The second kappa shape index (κ2) is 6.31. The highest BCUT2D eigenvalue weighted by Crippen LogP contribution is 2.34. The molecule has 94 valence electrons. The fourth-order valence-electron chi connectivity index (χ4n) is 2.17. The predicted molar refractivity (Wildman–Crippen MR) is 72.8 cm³/mol. The number of aryl methyl sites for hydroxylation is 1. The van der Waals surface area contributed by atoms with Crippen LogP contribution in [0.5, 0.6) is 5.75 Å². The number of thioether (sulfide) groups is 1. The van der Waals surface area contributed by atoms with Gasteiger partial charge in [-0.1, -0.05) is 25.1 Å². The van der Waals surface area contributed by atoms with Crippen LogP contribution in [0, 0.1) is 0 Å². The van der Waals surface area contributed by atoms with Crippen molar-refractivity contribution in [2.75, 3.05) is 18.1 Å². The fourth-order valence-corrected chi connectivity index (χ4v) is 2.85. The van der Waals surface area contributed by atoms with Gasteiger partial charge in [0.15, 0.2) is 0 Å². The monoisotopic (exact) mass is 252 g/mol. The minimum atomic E-state index is -0.387. The number of fused-ring (bicyclic) bond motifs is 1. The van der Waals surface area contributed by atoms with Gasteiger partial charge in [-0.2, -0.15) is 11.8 Å². The van der Waals surface area contributed by atoms with Gasteiger partial charge >= 0.3 is 0 Å². The molecule has 17 heavy (non-hydrogen) atoms. The van der Waals surface area contributed by atoms with Crippen molar-refractivity contribution in [3.8, 4) is 5.75 Å². The van der Waals surface area contributed by atoms with E-state index in [4.69, 9.17) is 4.74 Å². The van der Waals surface area contributed by atoms with Crippen LogP contribution in [0.25, 0.3) is 0 Å². The van der Waals surface area contributed by atoms with Crippen LogP contribution >= 0.6 is 11.8 Å². The van der Waals surface area contributed by atoms with Gasteiger partial charge < -0.3 is 9.84 Å². The zero-order valence-electron chi connectivity index (χ0n) is 10.3. The largest absolute Gasteiger partial charge is 0.493 e. The van der Waals surface area contributed by atoms with E-state index < -0.39 is 0 Å². The maximum Gasteiger partial charge on any atom is 0.128 e. The maximum atomic E-state index is 10.2. The summed E-state index contributed by atoms with van der Waals surface area (Å²) in [6.45, 7) is 2.92. The van der Waals surface area contributed by atoms with Gasteiger partial charge in [0.2, 0.25) is 0 Å². The molecule has 1 unspecified atom stereocenters. The van der Waals surface area contributed by atoms with Crippen LogP contribution in [0.1, 0.15) is 37.0 Å². The lowest BCUT2D eigenvalue weighted by Gasteiger charge is -2.22. The van der Waals surface area contributed by atoms with Crippen LogP contribution < -0.4 is 4.74 Å². The standard InChI is InChI=1S/C14H20O2S/c1-2-17-10-8-13(15)12-7-3-5-11-6-4-9-16-14(11)12/h3,5,7,13,15H,2,4,6,8-10H2,1H3. The first-order valence-corrected chi connectivity index (χ1v) is 7.48. The molecule has 2 rings (SSSR count). The van der Waals surface area contributed by atoms with Gasteiger partial charge in [0, 0.05) is 5.56 Å². The van der Waals surface area contributed by atoms with E-state index in [9.17, 15) is 5.11 Å². The van der Waals surface area contributed by atoms with Crippen molar-refractivity contribution in [3.63, 3.8) is 0 Å². The molecule has 0 bridgehead atoms. The molecule has 0 saturated heterocycles. The summed E-state index contributed by atoms with van der Waals surface area (Å²) in [7, 11) is 0. The van der Waals surface area contributed by atoms with Crippen molar-refractivity contribution in [1.82, 2.24) is 0 Å². The van der Waals surface area contributed by atoms with Crippen LogP contribution in [0.3, 0.4) is 0 Å². The van der Waals surface area contributed by atoms with E-state index >= 15 is 0 Å². The summed E-state index contributed by atoms with van der Waals surface area (Å²) in [6, 6.07) is 6.12. The summed E-state index contributed by atoms with van der Waals surface area (Å²) in [6.07, 6.45) is 2.57. The second-order valence-electron chi connectivity index (χ2n) is 4.29. The summed E-state index contributed by atoms with van der Waals surface area (Å²) >= 11 is 1.87. The fraction of sp³-hybridized carbons (Fsp3) is 0.571. The molecule has 1 N–H and O–H groups in total. The summed E-state index contributed by atoms with van der Waals surface area (Å²) in [5.74, 6) is 3.05. The summed E-state index contributed by atoms with van der Waals surface area (Å²) in [5.41, 5.74) is 2.22. The Hall–Kier alpha value is -0.670. The van der Waals surface area contributed by atoms with Crippen LogP contribution in [0.15, 0.2) is 18.2 Å². The molecule has 1 aliphatic rings. The molecule has 0 amide bonds. The molecule has 3 heteroatoms. The van der Waals surface area contributed by atoms with Gasteiger partial charge in [-0.25, -0.2) is 0 Å². The second-order valence-corrected chi connectivity index (χ2v) is 5.68. The Bertz CT molecular complexity index is 365. The van der Waals surface area contributed by atoms with Gasteiger partial charge in [-0.15, -0.1) is 0 Å². The molecule has 0 aliphatic carbocycles. The van der Waals surface area contributed by atoms with Crippen LogP contribution in [-0.2, 0) is 6.42 Å². The number of aliphatic hydroxyl groups is 1. The number of hydrogen-bond donors (Lipinski definition) is 1. The zero-order valence-corrected chi connectivity index (χ0v) is 11.1. The zero-order chi connectivity index (χ0) is 12.1. The normalized spacial score (nSPS) is 16.1.